The number of benzene rings is 2. The first-order valence-electron chi connectivity index (χ1n) is 6.21. The monoisotopic (exact) mass is 266 g/mol. The van der Waals surface area contributed by atoms with Gasteiger partial charge in [-0.2, -0.15) is 0 Å². The van der Waals surface area contributed by atoms with Crippen LogP contribution in [0.4, 0.5) is 0 Å². The molecular weight excluding hydrogens is 252 g/mol. The highest BCUT2D eigenvalue weighted by Crippen LogP contribution is 2.18. The Morgan fingerprint density at radius 1 is 0.895 bits per heavy atom. The summed E-state index contributed by atoms with van der Waals surface area (Å²) in [6.45, 7) is 0.822. The highest BCUT2D eigenvalue weighted by atomic mass is 32.2. The van der Waals surface area contributed by atoms with Crippen LogP contribution in [0.2, 0.25) is 0 Å². The third-order valence-electron chi connectivity index (χ3n) is 2.94. The van der Waals surface area contributed by atoms with Crippen LogP contribution in [0.3, 0.4) is 0 Å². The normalized spacial score (nSPS) is 10.7. The number of nitrogens with one attached hydrogen (secondary N) is 1. The minimum atomic E-state index is 0.822. The number of pyridine rings is 1. The maximum Gasteiger partial charge on any atom is 0.0705 e. The zero-order chi connectivity index (χ0) is 12.9. The molecule has 0 aliphatic rings. The van der Waals surface area contributed by atoms with E-state index in [0.717, 1.165) is 12.1 Å². The van der Waals surface area contributed by atoms with Gasteiger partial charge in [0, 0.05) is 23.0 Å². The van der Waals surface area contributed by atoms with Crippen molar-refractivity contribution in [2.45, 2.75) is 11.4 Å². The molecule has 0 aliphatic heterocycles. The molecule has 94 valence electrons. The molecule has 3 heteroatoms. The van der Waals surface area contributed by atoms with Crippen molar-refractivity contribution < 1.29 is 0 Å². The Morgan fingerprint density at radius 2 is 1.68 bits per heavy atom. The van der Waals surface area contributed by atoms with Gasteiger partial charge < -0.3 is 0 Å². The fourth-order valence-corrected chi connectivity index (χ4v) is 2.68. The molecule has 0 aliphatic carbocycles. The van der Waals surface area contributed by atoms with Gasteiger partial charge in [0.15, 0.2) is 0 Å². The molecule has 1 heterocycles. The van der Waals surface area contributed by atoms with Crippen LogP contribution in [0.1, 0.15) is 5.56 Å². The van der Waals surface area contributed by atoms with Crippen LogP contribution in [0.25, 0.3) is 10.9 Å². The van der Waals surface area contributed by atoms with Crippen LogP contribution in [-0.2, 0) is 6.54 Å². The van der Waals surface area contributed by atoms with Gasteiger partial charge in [0.1, 0.15) is 0 Å². The molecule has 0 radical (unpaired) electrons. The van der Waals surface area contributed by atoms with Crippen LogP contribution < -0.4 is 4.72 Å². The summed E-state index contributed by atoms with van der Waals surface area (Å²) in [6.07, 6.45) is 1.87. The Hall–Kier alpha value is -1.84. The molecule has 1 N–H and O–H groups in total. The van der Waals surface area contributed by atoms with Gasteiger partial charge in [-0.05, 0) is 41.8 Å². The lowest BCUT2D eigenvalue weighted by atomic mass is 10.1. The van der Waals surface area contributed by atoms with Crippen molar-refractivity contribution in [2.24, 2.45) is 0 Å². The largest absolute Gasteiger partial charge is 0.256 e. The van der Waals surface area contributed by atoms with Gasteiger partial charge >= 0.3 is 0 Å². The molecule has 1 aromatic heterocycles. The zero-order valence-corrected chi connectivity index (χ0v) is 11.2. The summed E-state index contributed by atoms with van der Waals surface area (Å²) in [5.74, 6) is 0. The fraction of sp³-hybridized carbons (Fsp3) is 0.0625. The molecule has 19 heavy (non-hydrogen) atoms. The minimum Gasteiger partial charge on any atom is -0.256 e. The van der Waals surface area contributed by atoms with E-state index in [9.17, 15) is 0 Å². The smallest absolute Gasteiger partial charge is 0.0705 e. The lowest BCUT2D eigenvalue weighted by molar-refractivity contribution is 0.982. The molecule has 0 saturated carbocycles. The highest BCUT2D eigenvalue weighted by Gasteiger charge is 2.01. The van der Waals surface area contributed by atoms with Crippen LogP contribution in [0.5, 0.6) is 0 Å². The molecular formula is C16H14N2S. The number of nitrogens with zero attached hydrogens (tertiary/aromatic N) is 1. The van der Waals surface area contributed by atoms with Gasteiger partial charge in [-0.3, -0.25) is 9.71 Å². The summed E-state index contributed by atoms with van der Waals surface area (Å²) >= 11 is 1.65. The third-order valence-corrected chi connectivity index (χ3v) is 3.73. The van der Waals surface area contributed by atoms with Crippen molar-refractivity contribution in [1.82, 2.24) is 9.71 Å². The van der Waals surface area contributed by atoms with E-state index in [2.05, 4.69) is 40.0 Å². The molecule has 0 amide bonds. The van der Waals surface area contributed by atoms with E-state index in [1.807, 2.05) is 36.5 Å². The van der Waals surface area contributed by atoms with E-state index in [1.54, 1.807) is 11.9 Å². The first-order valence-corrected chi connectivity index (χ1v) is 7.02. The van der Waals surface area contributed by atoms with Crippen molar-refractivity contribution in [3.05, 3.63) is 72.4 Å². The van der Waals surface area contributed by atoms with Gasteiger partial charge in [-0.1, -0.05) is 36.4 Å². The molecule has 0 saturated heterocycles. The Labute approximate surface area is 117 Å². The van der Waals surface area contributed by atoms with E-state index in [4.69, 9.17) is 0 Å². The standard InChI is InChI=1S/C16H14N2S/c1-2-6-14(7-3-1)19-18-12-13-10-11-17-16-9-5-4-8-15(13)16/h1-11,18H,12H2. The molecule has 0 bridgehead atoms. The van der Waals surface area contributed by atoms with Gasteiger partial charge in [0.25, 0.3) is 0 Å². The number of para-hydroxylation sites is 1. The lowest BCUT2D eigenvalue weighted by Crippen LogP contribution is -2.03. The predicted molar refractivity (Wildman–Crippen MR) is 80.9 cm³/mol. The SMILES string of the molecule is c1ccc(SNCc2ccnc3ccccc23)cc1. The second-order valence-electron chi connectivity index (χ2n) is 4.22. The molecule has 0 unspecified atom stereocenters. The summed E-state index contributed by atoms with van der Waals surface area (Å²) in [7, 11) is 0. The molecule has 0 spiro atoms. The summed E-state index contributed by atoms with van der Waals surface area (Å²) in [5, 5.41) is 1.21. The second-order valence-corrected chi connectivity index (χ2v) is 5.19. The van der Waals surface area contributed by atoms with Gasteiger partial charge in [-0.15, -0.1) is 0 Å². The summed E-state index contributed by atoms with van der Waals surface area (Å²) in [5.41, 5.74) is 2.32. The number of hydrogen-bond donors (Lipinski definition) is 1. The Bertz CT molecular complexity index is 662. The van der Waals surface area contributed by atoms with Crippen LogP contribution in [-0.4, -0.2) is 4.98 Å². The van der Waals surface area contributed by atoms with E-state index in [-0.39, 0.29) is 0 Å². The second kappa shape index (κ2) is 5.87. The first kappa shape index (κ1) is 12.2. The molecule has 3 rings (SSSR count). The van der Waals surface area contributed by atoms with Crippen molar-refractivity contribution in [3.8, 4) is 0 Å². The van der Waals surface area contributed by atoms with Crippen LogP contribution in [0.15, 0.2) is 71.8 Å². The molecule has 2 nitrogen and oxygen atoms in total. The van der Waals surface area contributed by atoms with Crippen molar-refractivity contribution in [1.29, 1.82) is 0 Å². The van der Waals surface area contributed by atoms with E-state index < -0.39 is 0 Å². The maximum absolute atomic E-state index is 4.37. The average Bonchev–Trinajstić information content (AvgIpc) is 2.49. The van der Waals surface area contributed by atoms with Crippen LogP contribution in [0, 0.1) is 0 Å². The Balaban J connectivity index is 1.72. The summed E-state index contributed by atoms with van der Waals surface area (Å²) in [6, 6.07) is 20.6. The quantitative estimate of drug-likeness (QED) is 0.722. The van der Waals surface area contributed by atoms with E-state index in [0.29, 0.717) is 0 Å². The number of hydrogen-bond acceptors (Lipinski definition) is 3. The van der Waals surface area contributed by atoms with Gasteiger partial charge in [0.05, 0.1) is 5.52 Å². The molecule has 3 aromatic rings. The lowest BCUT2D eigenvalue weighted by Gasteiger charge is -2.07. The number of aromatic nitrogens is 1. The number of fused-ring (bicyclic) bond motifs is 1. The topological polar surface area (TPSA) is 24.9 Å². The molecule has 2 aromatic carbocycles. The minimum absolute atomic E-state index is 0.822. The van der Waals surface area contributed by atoms with Gasteiger partial charge in [0.2, 0.25) is 0 Å². The maximum atomic E-state index is 4.37. The molecule has 0 atom stereocenters. The van der Waals surface area contributed by atoms with Crippen LogP contribution >= 0.6 is 11.9 Å². The Kier molecular flexibility index (Phi) is 3.77. The zero-order valence-electron chi connectivity index (χ0n) is 10.4. The van der Waals surface area contributed by atoms with Crippen molar-refractivity contribution >= 4 is 22.9 Å². The molecule has 0 fully saturated rings. The summed E-state index contributed by atoms with van der Waals surface area (Å²) in [4.78, 5) is 5.60. The average molecular weight is 266 g/mol. The van der Waals surface area contributed by atoms with Gasteiger partial charge in [-0.25, -0.2) is 0 Å². The third kappa shape index (κ3) is 2.95. The Morgan fingerprint density at radius 3 is 2.58 bits per heavy atom. The summed E-state index contributed by atoms with van der Waals surface area (Å²) < 4.78 is 3.40. The van der Waals surface area contributed by atoms with E-state index >= 15 is 0 Å². The fourth-order valence-electron chi connectivity index (χ4n) is 1.99. The highest BCUT2D eigenvalue weighted by molar-refractivity contribution is 7.97. The van der Waals surface area contributed by atoms with E-state index in [1.165, 1.54) is 15.8 Å². The first-order chi connectivity index (χ1) is 9.43. The van der Waals surface area contributed by atoms with Crippen molar-refractivity contribution in [3.63, 3.8) is 0 Å². The van der Waals surface area contributed by atoms with Crippen molar-refractivity contribution in [2.75, 3.05) is 0 Å². The predicted octanol–water partition coefficient (Wildman–Crippen LogP) is 4.03. The number of rotatable bonds is 4.